The molecule has 10 nitrogen and oxygen atoms in total. The highest BCUT2D eigenvalue weighted by molar-refractivity contribution is 7.89. The lowest BCUT2D eigenvalue weighted by Crippen LogP contribution is -2.35. The predicted octanol–water partition coefficient (Wildman–Crippen LogP) is 1.08. The summed E-state index contributed by atoms with van der Waals surface area (Å²) in [7, 11) is -2.36. The Kier molecular flexibility index (Phi) is 6.46. The van der Waals surface area contributed by atoms with Crippen molar-refractivity contribution in [3.05, 3.63) is 53.7 Å². The fourth-order valence-corrected chi connectivity index (χ4v) is 5.80. The molecule has 4 N–H and O–H groups in total. The number of hydrogen-bond donors (Lipinski definition) is 3. The van der Waals surface area contributed by atoms with Gasteiger partial charge in [-0.25, -0.2) is 18.4 Å². The summed E-state index contributed by atoms with van der Waals surface area (Å²) in [6.07, 6.45) is -0.375. The molecular weight excluding hydrogens is 446 g/mol. The Morgan fingerprint density at radius 1 is 1.09 bits per heavy atom. The Labute approximate surface area is 193 Å². The molecule has 2 aromatic rings. The number of carbonyl (C=O) groups is 2. The first-order valence-electron chi connectivity index (χ1n) is 10.9. The third kappa shape index (κ3) is 5.05. The number of aromatic nitrogens is 1. The van der Waals surface area contributed by atoms with Crippen molar-refractivity contribution in [1.82, 2.24) is 19.7 Å². The first-order chi connectivity index (χ1) is 15.6. The van der Waals surface area contributed by atoms with E-state index in [4.69, 9.17) is 5.14 Å². The summed E-state index contributed by atoms with van der Waals surface area (Å²) < 4.78 is 24.6. The van der Waals surface area contributed by atoms with Gasteiger partial charge in [0.1, 0.15) is 5.69 Å². The number of nitrogens with zero attached hydrogens (tertiary/aromatic N) is 3. The van der Waals surface area contributed by atoms with Crippen LogP contribution in [-0.4, -0.2) is 72.6 Å². The minimum atomic E-state index is -3.89. The number of likely N-dealkylation sites (tertiary alicyclic amines) is 2. The average Bonchev–Trinajstić information content (AvgIpc) is 3.43. The molecule has 2 unspecified atom stereocenters. The topological polar surface area (TPSA) is 138 Å². The highest BCUT2D eigenvalue weighted by atomic mass is 32.2. The quantitative estimate of drug-likeness (QED) is 0.548. The van der Waals surface area contributed by atoms with Crippen LogP contribution >= 0.6 is 0 Å². The van der Waals surface area contributed by atoms with E-state index in [1.807, 2.05) is 30.3 Å². The number of benzene rings is 1. The fraction of sp³-hybridized carbons (Fsp3) is 0.455. The maximum Gasteiger partial charge on any atom is 0.405 e. The Balaban J connectivity index is 1.33. The van der Waals surface area contributed by atoms with Crippen LogP contribution in [0.4, 0.5) is 4.79 Å². The van der Waals surface area contributed by atoms with Crippen molar-refractivity contribution in [1.29, 1.82) is 0 Å². The number of rotatable bonds is 7. The zero-order valence-corrected chi connectivity index (χ0v) is 19.2. The molecule has 2 aliphatic heterocycles. The van der Waals surface area contributed by atoms with E-state index in [9.17, 15) is 23.1 Å². The van der Waals surface area contributed by atoms with Crippen LogP contribution in [0.2, 0.25) is 0 Å². The number of nitrogens with one attached hydrogen (secondary N) is 1. The lowest BCUT2D eigenvalue weighted by atomic mass is 10.0. The molecule has 1 aromatic heterocycles. The van der Waals surface area contributed by atoms with Gasteiger partial charge in [0, 0.05) is 39.8 Å². The molecule has 2 saturated heterocycles. The van der Waals surface area contributed by atoms with E-state index in [1.54, 1.807) is 4.90 Å². The van der Waals surface area contributed by atoms with Crippen LogP contribution in [0.3, 0.4) is 0 Å². The van der Waals surface area contributed by atoms with E-state index in [-0.39, 0.29) is 17.0 Å². The molecule has 2 fully saturated rings. The van der Waals surface area contributed by atoms with Gasteiger partial charge in [0.15, 0.2) is 5.03 Å². The number of fused-ring (bicyclic) bond motifs is 1. The van der Waals surface area contributed by atoms with Crippen LogP contribution in [0.15, 0.2) is 47.5 Å². The minimum absolute atomic E-state index is 0.0839. The highest BCUT2D eigenvalue weighted by Gasteiger charge is 2.42. The molecule has 4 rings (SSSR count). The van der Waals surface area contributed by atoms with Gasteiger partial charge < -0.3 is 24.8 Å². The molecule has 1 aromatic carbocycles. The van der Waals surface area contributed by atoms with Crippen molar-refractivity contribution in [2.45, 2.75) is 17.5 Å². The smallest absolute Gasteiger partial charge is 0.405 e. The molecule has 33 heavy (non-hydrogen) atoms. The van der Waals surface area contributed by atoms with Crippen molar-refractivity contribution >= 4 is 22.0 Å². The predicted molar refractivity (Wildman–Crippen MR) is 121 cm³/mol. The second-order valence-corrected chi connectivity index (χ2v) is 10.4. The average molecular weight is 476 g/mol. The summed E-state index contributed by atoms with van der Waals surface area (Å²) in [5.74, 6) is 0.493. The maximum absolute atomic E-state index is 13.0. The molecule has 0 spiro atoms. The fourth-order valence-electron chi connectivity index (χ4n) is 5.06. The summed E-state index contributed by atoms with van der Waals surface area (Å²) in [5, 5.41) is 16.9. The van der Waals surface area contributed by atoms with Gasteiger partial charge in [0.25, 0.3) is 15.9 Å². The van der Waals surface area contributed by atoms with E-state index in [1.165, 1.54) is 23.7 Å². The molecule has 0 aliphatic carbocycles. The van der Waals surface area contributed by atoms with Crippen LogP contribution in [0, 0.1) is 11.8 Å². The SMILES string of the molecule is Cn1c(C(=O)N2CC3CN(CCC(NC(=O)O)c4ccccc4)C[C@H]3C2)ccc1S(N)(=O)=O. The lowest BCUT2D eigenvalue weighted by Gasteiger charge is -2.24. The Morgan fingerprint density at radius 3 is 2.27 bits per heavy atom. The molecule has 2 amide bonds. The number of hydrogen-bond acceptors (Lipinski definition) is 5. The van der Waals surface area contributed by atoms with Crippen molar-refractivity contribution in [2.75, 3.05) is 32.7 Å². The van der Waals surface area contributed by atoms with Crippen molar-refractivity contribution in [3.8, 4) is 0 Å². The van der Waals surface area contributed by atoms with E-state index in [0.717, 1.165) is 25.2 Å². The van der Waals surface area contributed by atoms with Crippen LogP contribution in [0.5, 0.6) is 0 Å². The molecule has 0 radical (unpaired) electrons. The maximum atomic E-state index is 13.0. The number of sulfonamides is 1. The van der Waals surface area contributed by atoms with Gasteiger partial charge >= 0.3 is 6.09 Å². The summed E-state index contributed by atoms with van der Waals surface area (Å²) in [5.41, 5.74) is 1.25. The van der Waals surface area contributed by atoms with Crippen LogP contribution in [0.25, 0.3) is 0 Å². The van der Waals surface area contributed by atoms with Crippen molar-refractivity contribution in [2.24, 2.45) is 24.0 Å². The summed E-state index contributed by atoms with van der Waals surface area (Å²) in [4.78, 5) is 28.3. The third-order valence-electron chi connectivity index (χ3n) is 6.67. The molecule has 2 aliphatic rings. The molecule has 0 bridgehead atoms. The number of carboxylic acid groups (broad SMARTS) is 1. The second kappa shape index (κ2) is 9.16. The normalized spacial score (nSPS) is 21.7. The molecule has 0 saturated carbocycles. The summed E-state index contributed by atoms with van der Waals surface area (Å²) >= 11 is 0. The molecular formula is C22H29N5O5S. The first-order valence-corrected chi connectivity index (χ1v) is 12.4. The van der Waals surface area contributed by atoms with Gasteiger partial charge in [-0.1, -0.05) is 30.3 Å². The van der Waals surface area contributed by atoms with Crippen LogP contribution in [0.1, 0.15) is 28.5 Å². The van der Waals surface area contributed by atoms with Gasteiger partial charge in [-0.2, -0.15) is 0 Å². The highest BCUT2D eigenvalue weighted by Crippen LogP contribution is 2.32. The zero-order chi connectivity index (χ0) is 23.8. The van der Waals surface area contributed by atoms with Crippen molar-refractivity contribution in [3.63, 3.8) is 0 Å². The standard InChI is InChI=1S/C22H29N5O5S/c1-25-19(7-8-20(25)33(23,31)32)21(28)27-13-16-11-26(12-17(16)14-27)10-9-18(24-22(29)30)15-5-3-2-4-6-15/h2-8,16-18,24H,9-14H2,1H3,(H,29,30)(H2,23,31,32)/t16-,17?,18?/m0/s1. The monoisotopic (exact) mass is 475 g/mol. The van der Waals surface area contributed by atoms with E-state index in [2.05, 4.69) is 10.2 Å². The van der Waals surface area contributed by atoms with Crippen LogP contribution in [-0.2, 0) is 17.1 Å². The van der Waals surface area contributed by atoms with E-state index >= 15 is 0 Å². The largest absolute Gasteiger partial charge is 0.465 e. The van der Waals surface area contributed by atoms with Gasteiger partial charge in [0.05, 0.1) is 6.04 Å². The van der Waals surface area contributed by atoms with Crippen molar-refractivity contribution < 1.29 is 23.1 Å². The molecule has 178 valence electrons. The second-order valence-electron chi connectivity index (χ2n) is 8.85. The molecule has 3 heterocycles. The van der Waals surface area contributed by atoms with Gasteiger partial charge in [-0.3, -0.25) is 4.79 Å². The van der Waals surface area contributed by atoms with Gasteiger partial charge in [-0.05, 0) is 36.0 Å². The summed E-state index contributed by atoms with van der Waals surface area (Å²) in [6.45, 7) is 3.68. The third-order valence-corrected chi connectivity index (χ3v) is 7.66. The summed E-state index contributed by atoms with van der Waals surface area (Å²) in [6, 6.07) is 12.1. The minimum Gasteiger partial charge on any atom is -0.465 e. The Hall–Kier alpha value is -2.89. The Bertz CT molecular complexity index is 1120. The lowest BCUT2D eigenvalue weighted by molar-refractivity contribution is 0.0763. The molecule has 3 atom stereocenters. The van der Waals surface area contributed by atoms with Gasteiger partial charge in [0.2, 0.25) is 0 Å². The van der Waals surface area contributed by atoms with Crippen LogP contribution < -0.4 is 10.5 Å². The number of amides is 2. The molecule has 11 heteroatoms. The Morgan fingerprint density at radius 2 is 1.73 bits per heavy atom. The number of primary sulfonamides is 1. The zero-order valence-electron chi connectivity index (χ0n) is 18.4. The first kappa shape index (κ1) is 23.3. The van der Waals surface area contributed by atoms with Gasteiger partial charge in [-0.15, -0.1) is 0 Å². The number of carbonyl (C=O) groups excluding carboxylic acids is 1. The number of nitrogens with two attached hydrogens (primary N) is 1. The van der Waals surface area contributed by atoms with E-state index < -0.39 is 16.1 Å². The van der Waals surface area contributed by atoms with E-state index in [0.29, 0.717) is 37.0 Å².